The molecule has 0 aliphatic carbocycles. The predicted molar refractivity (Wildman–Crippen MR) is 222 cm³/mol. The second-order valence-electron chi connectivity index (χ2n) is 15.5. The monoisotopic (exact) mass is 824 g/mol. The number of carboxylic acid groups (broad SMARTS) is 1. The molecule has 0 heterocycles. The lowest BCUT2D eigenvalue weighted by Gasteiger charge is -2.33. The Balaban J connectivity index is 2.12. The molecule has 0 saturated carbocycles. The Labute approximate surface area is 346 Å². The van der Waals surface area contributed by atoms with E-state index in [1.807, 2.05) is 56.0 Å². The first-order valence-corrected chi connectivity index (χ1v) is 20.1. The molecule has 2 aromatic carbocycles. The van der Waals surface area contributed by atoms with Crippen LogP contribution in [0.15, 0.2) is 60.7 Å². The van der Waals surface area contributed by atoms with Crippen LogP contribution in [0, 0.1) is 11.8 Å². The second-order valence-corrected chi connectivity index (χ2v) is 15.5. The molecule has 326 valence electrons. The van der Waals surface area contributed by atoms with Crippen molar-refractivity contribution >= 4 is 41.4 Å². The zero-order chi connectivity index (χ0) is 44.1. The van der Waals surface area contributed by atoms with E-state index < -0.39 is 84.7 Å². The van der Waals surface area contributed by atoms with Gasteiger partial charge in [-0.2, -0.15) is 0 Å². The highest BCUT2D eigenvalue weighted by atomic mass is 16.4. The summed E-state index contributed by atoms with van der Waals surface area (Å²) in [5, 5.41) is 32.0. The van der Waals surface area contributed by atoms with Gasteiger partial charge in [0.2, 0.25) is 35.4 Å². The Morgan fingerprint density at radius 1 is 0.746 bits per heavy atom. The number of carbonyl (C=O) groups excluding carboxylic acids is 6. The van der Waals surface area contributed by atoms with Crippen LogP contribution in [-0.4, -0.2) is 119 Å². The molecule has 11 N–H and O–H groups in total. The molecule has 59 heavy (non-hydrogen) atoms. The van der Waals surface area contributed by atoms with Crippen LogP contribution in [0.4, 0.5) is 0 Å². The van der Waals surface area contributed by atoms with Gasteiger partial charge in [0.25, 0.3) is 0 Å². The average molecular weight is 825 g/mol. The number of benzene rings is 2. The molecule has 0 aliphatic heterocycles. The quantitative estimate of drug-likeness (QED) is 0.0578. The number of hydrogen-bond acceptors (Lipinski definition) is 10. The first-order valence-electron chi connectivity index (χ1n) is 20.1. The summed E-state index contributed by atoms with van der Waals surface area (Å²) in [6.07, 6.45) is 1.05. The maximum atomic E-state index is 13.7. The third-order valence-corrected chi connectivity index (χ3v) is 9.49. The molecule has 0 saturated heterocycles. The highest BCUT2D eigenvalue weighted by molar-refractivity contribution is 5.95. The van der Waals surface area contributed by atoms with Crippen molar-refractivity contribution in [2.45, 2.75) is 109 Å². The Morgan fingerprint density at radius 3 is 1.81 bits per heavy atom. The highest BCUT2D eigenvalue weighted by Crippen LogP contribution is 2.14. The van der Waals surface area contributed by atoms with Crippen LogP contribution < -0.4 is 38.1 Å². The molecular formula is C42H64N8O9. The van der Waals surface area contributed by atoms with Gasteiger partial charge in [-0.05, 0) is 48.8 Å². The number of carbonyl (C=O) groups is 7. The summed E-state index contributed by atoms with van der Waals surface area (Å²) in [6, 6.07) is 12.1. The molecule has 17 heteroatoms. The summed E-state index contributed by atoms with van der Waals surface area (Å²) in [7, 11) is 0. The minimum Gasteiger partial charge on any atom is -0.481 e. The number of aliphatic hydroxyl groups is 1. The lowest BCUT2D eigenvalue weighted by atomic mass is 9.99. The number of rotatable bonds is 27. The topological polar surface area (TPSA) is 275 Å². The fraction of sp³-hybridized carbons (Fsp3) is 0.548. The number of primary amides is 1. The Morgan fingerprint density at radius 2 is 1.31 bits per heavy atom. The molecule has 6 atom stereocenters. The predicted octanol–water partition coefficient (Wildman–Crippen LogP) is -0.0204. The molecule has 0 aliphatic rings. The highest BCUT2D eigenvalue weighted by Gasteiger charge is 2.32. The zero-order valence-electron chi connectivity index (χ0n) is 34.8. The number of hydrogen-bond donors (Lipinski definition) is 9. The molecule has 2 aromatic rings. The first-order chi connectivity index (χ1) is 27.9. The summed E-state index contributed by atoms with van der Waals surface area (Å²) in [5.74, 6) is -5.49. The zero-order valence-corrected chi connectivity index (χ0v) is 34.8. The van der Waals surface area contributed by atoms with Gasteiger partial charge in [0.1, 0.15) is 18.1 Å². The smallest absolute Gasteiger partial charge is 0.305 e. The summed E-state index contributed by atoms with van der Waals surface area (Å²) in [4.78, 5) is 91.8. The minimum atomic E-state index is -1.56. The van der Waals surface area contributed by atoms with E-state index in [1.54, 1.807) is 44.2 Å². The number of carboxylic acids is 1. The number of nitrogens with zero attached hydrogens (tertiary/aromatic N) is 1. The first kappa shape index (κ1) is 49.8. The van der Waals surface area contributed by atoms with E-state index >= 15 is 0 Å². The SMILES string of the molecule is CCCN(C[C@H](CC(C)C)NC(=O)CCNC(=O)[C@@H](NC(=O)[C@H](Cc1ccccc1)NC(=O)[C@H](CO)NC(=O)[C@@H](N)CC(=O)O)C(C)C)[C@@H](Cc1ccccc1)C(N)=O. The summed E-state index contributed by atoms with van der Waals surface area (Å²) >= 11 is 0. The molecule has 6 amide bonds. The largest absolute Gasteiger partial charge is 0.481 e. The molecule has 0 bridgehead atoms. The molecular weight excluding hydrogens is 761 g/mol. The van der Waals surface area contributed by atoms with Crippen molar-refractivity contribution in [1.29, 1.82) is 0 Å². The van der Waals surface area contributed by atoms with Gasteiger partial charge >= 0.3 is 5.97 Å². The van der Waals surface area contributed by atoms with Crippen molar-refractivity contribution in [2.24, 2.45) is 23.3 Å². The summed E-state index contributed by atoms with van der Waals surface area (Å²) in [5.41, 5.74) is 13.1. The molecule has 0 aromatic heterocycles. The van der Waals surface area contributed by atoms with Crippen molar-refractivity contribution in [1.82, 2.24) is 31.5 Å². The van der Waals surface area contributed by atoms with E-state index in [1.165, 1.54) is 0 Å². The number of nitrogens with two attached hydrogens (primary N) is 2. The molecule has 0 spiro atoms. The van der Waals surface area contributed by atoms with Crippen LogP contribution in [0.3, 0.4) is 0 Å². The van der Waals surface area contributed by atoms with E-state index in [0.717, 1.165) is 12.0 Å². The van der Waals surface area contributed by atoms with Gasteiger partial charge in [-0.15, -0.1) is 0 Å². The van der Waals surface area contributed by atoms with E-state index in [2.05, 4.69) is 26.6 Å². The van der Waals surface area contributed by atoms with E-state index in [0.29, 0.717) is 31.5 Å². The third kappa shape index (κ3) is 18.4. The molecule has 2 rings (SSSR count). The van der Waals surface area contributed by atoms with Gasteiger partial charge in [-0.3, -0.25) is 38.5 Å². The average Bonchev–Trinajstić information content (AvgIpc) is 3.17. The van der Waals surface area contributed by atoms with Gasteiger partial charge in [0.15, 0.2) is 0 Å². The Kier molecular flexibility index (Phi) is 21.8. The molecule has 17 nitrogen and oxygen atoms in total. The third-order valence-electron chi connectivity index (χ3n) is 9.49. The van der Waals surface area contributed by atoms with E-state index in [-0.39, 0.29) is 37.3 Å². The van der Waals surface area contributed by atoms with Gasteiger partial charge in [-0.1, -0.05) is 95.3 Å². The van der Waals surface area contributed by atoms with Gasteiger partial charge in [0, 0.05) is 32.0 Å². The molecule has 0 unspecified atom stereocenters. The van der Waals surface area contributed by atoms with Crippen LogP contribution in [0.25, 0.3) is 0 Å². The number of nitrogens with one attached hydrogen (secondary N) is 5. The fourth-order valence-corrected chi connectivity index (χ4v) is 6.52. The summed E-state index contributed by atoms with van der Waals surface area (Å²) in [6.45, 7) is 9.61. The lowest BCUT2D eigenvalue weighted by molar-refractivity contribution is -0.140. The number of aliphatic carboxylic acids is 1. The Hall–Kier alpha value is -5.39. The van der Waals surface area contributed by atoms with Gasteiger partial charge in [0.05, 0.1) is 25.1 Å². The van der Waals surface area contributed by atoms with E-state index in [4.69, 9.17) is 16.6 Å². The lowest BCUT2D eigenvalue weighted by Crippen LogP contribution is -2.59. The second kappa shape index (κ2) is 25.9. The van der Waals surface area contributed by atoms with Crippen LogP contribution in [0.1, 0.15) is 71.4 Å². The minimum absolute atomic E-state index is 0.0185. The molecule has 0 fully saturated rings. The van der Waals surface area contributed by atoms with Crippen LogP contribution in [0.2, 0.25) is 0 Å². The maximum absolute atomic E-state index is 13.7. The normalized spacial score (nSPS) is 14.3. The Bertz CT molecular complexity index is 1660. The standard InChI is InChI=1S/C42H64N8O9/c1-6-19-50(34(38(44)55)22-29-15-11-8-12-16-29)24-30(20-26(2)3)46-35(52)17-18-45-42(59)37(27(4)5)49-40(57)32(21-28-13-9-7-10-14-28)47-41(58)33(25-51)48-39(56)31(43)23-36(53)54/h7-16,26-27,30-34,37,51H,6,17-25,43H2,1-5H3,(H2,44,55)(H,45,59)(H,46,52)(H,47,58)(H,48,56)(H,49,57)(H,53,54)/t30-,31-,32-,33-,34-,37-/m0/s1. The van der Waals surface area contributed by atoms with Crippen LogP contribution in [-0.2, 0) is 46.4 Å². The molecule has 0 radical (unpaired) electrons. The van der Waals surface area contributed by atoms with Crippen molar-refractivity contribution < 1.29 is 43.8 Å². The van der Waals surface area contributed by atoms with Crippen molar-refractivity contribution in [3.05, 3.63) is 71.8 Å². The number of amides is 6. The van der Waals surface area contributed by atoms with Crippen LogP contribution in [0.5, 0.6) is 0 Å². The van der Waals surface area contributed by atoms with Gasteiger partial charge in [-0.25, -0.2) is 0 Å². The van der Waals surface area contributed by atoms with Gasteiger partial charge < -0.3 is 48.3 Å². The van der Waals surface area contributed by atoms with Crippen molar-refractivity contribution in [3.63, 3.8) is 0 Å². The summed E-state index contributed by atoms with van der Waals surface area (Å²) < 4.78 is 0. The van der Waals surface area contributed by atoms with E-state index in [9.17, 15) is 38.7 Å². The number of aliphatic hydroxyl groups excluding tert-OH is 1. The van der Waals surface area contributed by atoms with Crippen LogP contribution >= 0.6 is 0 Å². The van der Waals surface area contributed by atoms with Crippen molar-refractivity contribution in [2.75, 3.05) is 26.2 Å². The van der Waals surface area contributed by atoms with Crippen molar-refractivity contribution in [3.8, 4) is 0 Å². The fourth-order valence-electron chi connectivity index (χ4n) is 6.52. The maximum Gasteiger partial charge on any atom is 0.305 e.